The first kappa shape index (κ1) is 19.3. The summed E-state index contributed by atoms with van der Waals surface area (Å²) in [6, 6.07) is 4.27. The zero-order valence-electron chi connectivity index (χ0n) is 14.5. The molecule has 7 heteroatoms. The fraction of sp³-hybridized carbons (Fsp3) is 0.556. The maximum absolute atomic E-state index is 12.8. The Morgan fingerprint density at radius 2 is 2.00 bits per heavy atom. The van der Waals surface area contributed by atoms with Gasteiger partial charge in [0, 0.05) is 20.1 Å². The Bertz CT molecular complexity index is 631. The van der Waals surface area contributed by atoms with E-state index in [9.17, 15) is 22.8 Å². The van der Waals surface area contributed by atoms with Gasteiger partial charge in [-0.15, -0.1) is 0 Å². The van der Waals surface area contributed by atoms with Crippen LogP contribution in [0.3, 0.4) is 0 Å². The number of alkyl halides is 3. The summed E-state index contributed by atoms with van der Waals surface area (Å²) < 4.78 is 38.4. The average Bonchev–Trinajstić information content (AvgIpc) is 2.55. The van der Waals surface area contributed by atoms with Gasteiger partial charge in [0.15, 0.2) is 0 Å². The highest BCUT2D eigenvalue weighted by Gasteiger charge is 2.35. The molecule has 0 saturated carbocycles. The van der Waals surface area contributed by atoms with Crippen LogP contribution in [0.1, 0.15) is 37.3 Å². The molecule has 2 amide bonds. The first-order valence-corrected chi connectivity index (χ1v) is 8.44. The highest BCUT2D eigenvalue weighted by Crippen LogP contribution is 2.29. The number of amides is 2. The van der Waals surface area contributed by atoms with E-state index in [0.717, 1.165) is 25.0 Å². The topological polar surface area (TPSA) is 40.6 Å². The van der Waals surface area contributed by atoms with Gasteiger partial charge in [-0.3, -0.25) is 9.59 Å². The molecular formula is C18H23F3N2O2. The monoisotopic (exact) mass is 356 g/mol. The molecule has 0 spiro atoms. The van der Waals surface area contributed by atoms with Crippen molar-refractivity contribution in [3.8, 4) is 0 Å². The number of hydrogen-bond donors (Lipinski definition) is 0. The van der Waals surface area contributed by atoms with E-state index in [2.05, 4.69) is 0 Å². The molecule has 0 N–H and O–H groups in total. The van der Waals surface area contributed by atoms with Crippen molar-refractivity contribution in [1.82, 2.24) is 9.80 Å². The van der Waals surface area contributed by atoms with E-state index >= 15 is 0 Å². The minimum Gasteiger partial charge on any atom is -0.342 e. The van der Waals surface area contributed by atoms with Gasteiger partial charge in [-0.2, -0.15) is 13.2 Å². The Morgan fingerprint density at radius 1 is 1.28 bits per heavy atom. The third kappa shape index (κ3) is 4.74. The predicted molar refractivity (Wildman–Crippen MR) is 87.8 cm³/mol. The lowest BCUT2D eigenvalue weighted by atomic mass is 10.0. The smallest absolute Gasteiger partial charge is 0.342 e. The number of benzene rings is 1. The van der Waals surface area contributed by atoms with Crippen LogP contribution in [-0.4, -0.2) is 47.8 Å². The van der Waals surface area contributed by atoms with E-state index < -0.39 is 17.8 Å². The lowest BCUT2D eigenvalue weighted by Gasteiger charge is -2.39. The number of likely N-dealkylation sites (N-methyl/N-ethyl adjacent to an activating group) is 1. The molecule has 1 aliphatic rings. The van der Waals surface area contributed by atoms with Gasteiger partial charge in [0.2, 0.25) is 11.8 Å². The van der Waals surface area contributed by atoms with Gasteiger partial charge in [-0.25, -0.2) is 0 Å². The third-order valence-corrected chi connectivity index (χ3v) is 4.47. The van der Waals surface area contributed by atoms with E-state index in [1.54, 1.807) is 11.9 Å². The summed E-state index contributed by atoms with van der Waals surface area (Å²) in [5, 5.41) is 0. The molecule has 25 heavy (non-hydrogen) atoms. The number of unbranched alkanes of at least 4 members (excludes halogenated alkanes) is 1. The van der Waals surface area contributed by atoms with Crippen molar-refractivity contribution in [2.75, 3.05) is 20.1 Å². The SMILES string of the molecule is CCCC[C@@H]1C(=O)N(C)CCN1C(=O)Cc1cccc(C(F)(F)F)c1. The molecule has 1 saturated heterocycles. The summed E-state index contributed by atoms with van der Waals surface area (Å²) >= 11 is 0. The Balaban J connectivity index is 2.14. The normalized spacial score (nSPS) is 18.6. The average molecular weight is 356 g/mol. The molecule has 1 aromatic rings. The Labute approximate surface area is 145 Å². The first-order valence-electron chi connectivity index (χ1n) is 8.44. The van der Waals surface area contributed by atoms with Crippen molar-refractivity contribution in [3.63, 3.8) is 0 Å². The molecule has 1 aliphatic heterocycles. The number of hydrogen-bond acceptors (Lipinski definition) is 2. The van der Waals surface area contributed by atoms with Crippen molar-refractivity contribution in [3.05, 3.63) is 35.4 Å². The van der Waals surface area contributed by atoms with Crippen LogP contribution < -0.4 is 0 Å². The maximum atomic E-state index is 12.8. The van der Waals surface area contributed by atoms with Crippen LogP contribution in [-0.2, 0) is 22.2 Å². The highest BCUT2D eigenvalue weighted by molar-refractivity contribution is 5.89. The first-order chi connectivity index (χ1) is 11.7. The minimum absolute atomic E-state index is 0.0999. The highest BCUT2D eigenvalue weighted by atomic mass is 19.4. The van der Waals surface area contributed by atoms with Gasteiger partial charge >= 0.3 is 6.18 Å². The number of carbonyl (C=O) groups is 2. The Hall–Kier alpha value is -2.05. The van der Waals surface area contributed by atoms with Crippen molar-refractivity contribution in [1.29, 1.82) is 0 Å². The molecule has 0 bridgehead atoms. The fourth-order valence-electron chi connectivity index (χ4n) is 3.02. The van der Waals surface area contributed by atoms with Crippen LogP contribution in [0.2, 0.25) is 0 Å². The van der Waals surface area contributed by atoms with E-state index in [4.69, 9.17) is 0 Å². The predicted octanol–water partition coefficient (Wildman–Crippen LogP) is 3.11. The summed E-state index contributed by atoms with van der Waals surface area (Å²) in [6.07, 6.45) is -2.27. The van der Waals surface area contributed by atoms with Crippen molar-refractivity contribution in [2.24, 2.45) is 0 Å². The van der Waals surface area contributed by atoms with E-state index in [1.165, 1.54) is 17.0 Å². The minimum atomic E-state index is -4.44. The molecule has 4 nitrogen and oxygen atoms in total. The molecule has 2 rings (SSSR count). The Kier molecular flexibility index (Phi) is 6.08. The quantitative estimate of drug-likeness (QED) is 0.813. The second-order valence-electron chi connectivity index (χ2n) is 6.38. The number of nitrogens with zero attached hydrogens (tertiary/aromatic N) is 2. The van der Waals surface area contributed by atoms with Gasteiger partial charge in [0.1, 0.15) is 6.04 Å². The van der Waals surface area contributed by atoms with Gasteiger partial charge in [0.25, 0.3) is 0 Å². The van der Waals surface area contributed by atoms with Crippen molar-refractivity contribution >= 4 is 11.8 Å². The molecule has 0 unspecified atom stereocenters. The van der Waals surface area contributed by atoms with Crippen LogP contribution in [0.25, 0.3) is 0 Å². The third-order valence-electron chi connectivity index (χ3n) is 4.47. The molecule has 1 fully saturated rings. The van der Waals surface area contributed by atoms with Crippen LogP contribution in [0.4, 0.5) is 13.2 Å². The molecule has 1 atom stereocenters. The van der Waals surface area contributed by atoms with Gasteiger partial charge in [-0.1, -0.05) is 38.0 Å². The number of rotatable bonds is 5. The Morgan fingerprint density at radius 3 is 2.64 bits per heavy atom. The number of halogens is 3. The fourth-order valence-corrected chi connectivity index (χ4v) is 3.02. The number of piperazine rings is 1. The summed E-state index contributed by atoms with van der Waals surface area (Å²) in [6.45, 7) is 2.86. The van der Waals surface area contributed by atoms with E-state index in [-0.39, 0.29) is 18.2 Å². The summed E-state index contributed by atoms with van der Waals surface area (Å²) in [5.74, 6) is -0.404. The van der Waals surface area contributed by atoms with Crippen LogP contribution in [0.5, 0.6) is 0 Å². The largest absolute Gasteiger partial charge is 0.416 e. The molecule has 0 aromatic heterocycles. The molecular weight excluding hydrogens is 333 g/mol. The lowest BCUT2D eigenvalue weighted by molar-refractivity contribution is -0.150. The van der Waals surface area contributed by atoms with Crippen LogP contribution >= 0.6 is 0 Å². The molecule has 1 aromatic carbocycles. The van der Waals surface area contributed by atoms with Crippen molar-refractivity contribution < 1.29 is 22.8 Å². The summed E-state index contributed by atoms with van der Waals surface area (Å²) in [5.41, 5.74) is -0.463. The van der Waals surface area contributed by atoms with Gasteiger partial charge in [-0.05, 0) is 18.1 Å². The van der Waals surface area contributed by atoms with Crippen molar-refractivity contribution in [2.45, 2.75) is 44.8 Å². The lowest BCUT2D eigenvalue weighted by Crippen LogP contribution is -2.57. The number of carbonyl (C=O) groups excluding carboxylic acids is 2. The zero-order valence-corrected chi connectivity index (χ0v) is 14.5. The van der Waals surface area contributed by atoms with E-state index in [0.29, 0.717) is 25.1 Å². The van der Waals surface area contributed by atoms with Gasteiger partial charge in [0.05, 0.1) is 12.0 Å². The maximum Gasteiger partial charge on any atom is 0.416 e. The molecule has 0 aliphatic carbocycles. The summed E-state index contributed by atoms with van der Waals surface area (Å²) in [4.78, 5) is 28.1. The zero-order chi connectivity index (χ0) is 18.6. The molecule has 1 heterocycles. The second kappa shape index (κ2) is 7.89. The summed E-state index contributed by atoms with van der Waals surface area (Å²) in [7, 11) is 1.70. The van der Waals surface area contributed by atoms with Gasteiger partial charge < -0.3 is 9.80 Å². The van der Waals surface area contributed by atoms with E-state index in [1.807, 2.05) is 6.92 Å². The molecule has 138 valence electrons. The van der Waals surface area contributed by atoms with Crippen LogP contribution in [0.15, 0.2) is 24.3 Å². The second-order valence-corrected chi connectivity index (χ2v) is 6.38. The standard InChI is InChI=1S/C18H23F3N2O2/c1-3-4-8-15-17(25)22(2)9-10-23(15)16(24)12-13-6-5-7-14(11-13)18(19,20)21/h5-7,11,15H,3-4,8-10,12H2,1-2H3/t15-/m1/s1. The molecule has 0 radical (unpaired) electrons. The van der Waals surface area contributed by atoms with Crippen LogP contribution in [0, 0.1) is 0 Å².